The van der Waals surface area contributed by atoms with E-state index in [1.54, 1.807) is 0 Å². The fourth-order valence-corrected chi connectivity index (χ4v) is 2.70. The summed E-state index contributed by atoms with van der Waals surface area (Å²) >= 11 is 0. The van der Waals surface area contributed by atoms with Gasteiger partial charge in [-0.3, -0.25) is 0 Å². The van der Waals surface area contributed by atoms with Crippen molar-refractivity contribution in [2.45, 2.75) is 45.3 Å². The van der Waals surface area contributed by atoms with Crippen molar-refractivity contribution in [3.05, 3.63) is 22.8 Å². The molecule has 1 fully saturated rings. The molecule has 0 amide bonds. The minimum Gasteiger partial charge on any atom is -0.376 e. The molecule has 2 aliphatic rings. The number of fused-ring (bicyclic) bond motifs is 1. The van der Waals surface area contributed by atoms with Crippen LogP contribution < -0.4 is 5.32 Å². The molecule has 1 aromatic rings. The van der Waals surface area contributed by atoms with Crippen LogP contribution in [0.3, 0.4) is 0 Å². The maximum absolute atomic E-state index is 5.46. The van der Waals surface area contributed by atoms with Crippen LogP contribution in [0.4, 0.5) is 0 Å². The fourth-order valence-electron chi connectivity index (χ4n) is 2.70. The van der Waals surface area contributed by atoms with E-state index in [-0.39, 0.29) is 0 Å². The normalized spacial score (nSPS) is 23.7. The average molecular weight is 233 g/mol. The molecule has 2 aliphatic heterocycles. The first kappa shape index (κ1) is 11.1. The van der Waals surface area contributed by atoms with Gasteiger partial charge < -0.3 is 10.1 Å². The summed E-state index contributed by atoms with van der Waals surface area (Å²) in [4.78, 5) is 9.33. The number of aryl methyl sites for hydroxylation is 1. The van der Waals surface area contributed by atoms with Crippen LogP contribution in [-0.4, -0.2) is 29.2 Å². The van der Waals surface area contributed by atoms with Gasteiger partial charge in [0, 0.05) is 30.1 Å². The molecule has 3 rings (SSSR count). The number of ether oxygens (including phenoxy) is 1. The third-order valence-corrected chi connectivity index (χ3v) is 3.67. The van der Waals surface area contributed by atoms with Crippen molar-refractivity contribution in [3.8, 4) is 0 Å². The molecule has 4 heteroatoms. The van der Waals surface area contributed by atoms with Gasteiger partial charge in [0.2, 0.25) is 0 Å². The van der Waals surface area contributed by atoms with Crippen molar-refractivity contribution in [1.82, 2.24) is 15.3 Å². The van der Waals surface area contributed by atoms with Crippen LogP contribution in [0.15, 0.2) is 0 Å². The largest absolute Gasteiger partial charge is 0.376 e. The van der Waals surface area contributed by atoms with Gasteiger partial charge in [0.1, 0.15) is 5.82 Å². The van der Waals surface area contributed by atoms with Gasteiger partial charge in [-0.05, 0) is 26.3 Å². The Kier molecular flexibility index (Phi) is 3.07. The van der Waals surface area contributed by atoms with E-state index in [2.05, 4.69) is 17.2 Å². The molecular formula is C13H19N3O. The SMILES string of the molecule is Cc1nc(CC2CCCN2)nc2c1COCC2. The zero-order valence-electron chi connectivity index (χ0n) is 10.3. The predicted octanol–water partition coefficient (Wildman–Crippen LogP) is 1.15. The van der Waals surface area contributed by atoms with Gasteiger partial charge in [0.15, 0.2) is 0 Å². The van der Waals surface area contributed by atoms with Gasteiger partial charge in [-0.1, -0.05) is 0 Å². The Hall–Kier alpha value is -1.00. The van der Waals surface area contributed by atoms with Crippen molar-refractivity contribution in [1.29, 1.82) is 0 Å². The molecule has 0 spiro atoms. The van der Waals surface area contributed by atoms with Crippen LogP contribution in [0.5, 0.6) is 0 Å². The molecule has 1 atom stereocenters. The summed E-state index contributed by atoms with van der Waals surface area (Å²) in [6.07, 6.45) is 4.43. The van der Waals surface area contributed by atoms with Crippen molar-refractivity contribution < 1.29 is 4.74 Å². The second-order valence-electron chi connectivity index (χ2n) is 4.95. The zero-order valence-corrected chi connectivity index (χ0v) is 10.3. The Morgan fingerprint density at radius 3 is 3.18 bits per heavy atom. The minimum absolute atomic E-state index is 0.576. The molecule has 1 aromatic heterocycles. The Morgan fingerprint density at radius 1 is 1.41 bits per heavy atom. The van der Waals surface area contributed by atoms with Crippen molar-refractivity contribution >= 4 is 0 Å². The summed E-state index contributed by atoms with van der Waals surface area (Å²) in [5, 5.41) is 3.50. The standard InChI is InChI=1S/C13H19N3O/c1-9-11-8-17-6-4-12(11)16-13(15-9)7-10-3-2-5-14-10/h10,14H,2-8H2,1H3. The summed E-state index contributed by atoms with van der Waals surface area (Å²) in [7, 11) is 0. The lowest BCUT2D eigenvalue weighted by Crippen LogP contribution is -2.26. The Labute approximate surface area is 102 Å². The molecule has 0 aliphatic carbocycles. The van der Waals surface area contributed by atoms with E-state index in [9.17, 15) is 0 Å². The Balaban J connectivity index is 1.82. The fraction of sp³-hybridized carbons (Fsp3) is 0.692. The zero-order chi connectivity index (χ0) is 11.7. The minimum atomic E-state index is 0.576. The monoisotopic (exact) mass is 233 g/mol. The third kappa shape index (κ3) is 2.33. The summed E-state index contributed by atoms with van der Waals surface area (Å²) in [5.74, 6) is 1.00. The lowest BCUT2D eigenvalue weighted by atomic mass is 10.1. The number of hydrogen-bond donors (Lipinski definition) is 1. The molecule has 4 nitrogen and oxygen atoms in total. The average Bonchev–Trinajstić information content (AvgIpc) is 2.82. The quantitative estimate of drug-likeness (QED) is 0.832. The molecule has 1 saturated heterocycles. The summed E-state index contributed by atoms with van der Waals surface area (Å²) in [6.45, 7) is 4.69. The van der Waals surface area contributed by atoms with Crippen LogP contribution in [0, 0.1) is 6.92 Å². The molecule has 3 heterocycles. The highest BCUT2D eigenvalue weighted by Gasteiger charge is 2.19. The smallest absolute Gasteiger partial charge is 0.130 e. The van der Waals surface area contributed by atoms with E-state index >= 15 is 0 Å². The third-order valence-electron chi connectivity index (χ3n) is 3.67. The lowest BCUT2D eigenvalue weighted by molar-refractivity contribution is 0.108. The van der Waals surface area contributed by atoms with Crippen molar-refractivity contribution in [3.63, 3.8) is 0 Å². The van der Waals surface area contributed by atoms with Crippen LogP contribution in [0.2, 0.25) is 0 Å². The van der Waals surface area contributed by atoms with Gasteiger partial charge in [0.05, 0.1) is 18.9 Å². The molecule has 0 saturated carbocycles. The molecule has 1 N–H and O–H groups in total. The van der Waals surface area contributed by atoms with Gasteiger partial charge in [-0.2, -0.15) is 0 Å². The molecule has 0 radical (unpaired) electrons. The van der Waals surface area contributed by atoms with Crippen LogP contribution in [-0.2, 0) is 24.2 Å². The van der Waals surface area contributed by atoms with E-state index in [0.717, 1.165) is 37.5 Å². The highest BCUT2D eigenvalue weighted by Crippen LogP contribution is 2.19. The number of nitrogens with zero attached hydrogens (tertiary/aromatic N) is 2. The Bertz CT molecular complexity index is 413. The van der Waals surface area contributed by atoms with Gasteiger partial charge >= 0.3 is 0 Å². The van der Waals surface area contributed by atoms with Crippen molar-refractivity contribution in [2.75, 3.05) is 13.2 Å². The molecule has 17 heavy (non-hydrogen) atoms. The van der Waals surface area contributed by atoms with Crippen LogP contribution in [0.1, 0.15) is 35.6 Å². The van der Waals surface area contributed by atoms with Gasteiger partial charge in [0.25, 0.3) is 0 Å². The molecule has 1 unspecified atom stereocenters. The highest BCUT2D eigenvalue weighted by atomic mass is 16.5. The Morgan fingerprint density at radius 2 is 2.35 bits per heavy atom. The number of hydrogen-bond acceptors (Lipinski definition) is 4. The summed E-state index contributed by atoms with van der Waals surface area (Å²) < 4.78 is 5.46. The summed E-state index contributed by atoms with van der Waals surface area (Å²) in [5.41, 5.74) is 3.51. The van der Waals surface area contributed by atoms with E-state index in [0.29, 0.717) is 12.6 Å². The lowest BCUT2D eigenvalue weighted by Gasteiger charge is -2.19. The predicted molar refractivity (Wildman–Crippen MR) is 64.9 cm³/mol. The molecular weight excluding hydrogens is 214 g/mol. The van der Waals surface area contributed by atoms with Crippen LogP contribution in [0.25, 0.3) is 0 Å². The number of rotatable bonds is 2. The number of nitrogens with one attached hydrogen (secondary N) is 1. The van der Waals surface area contributed by atoms with Crippen molar-refractivity contribution in [2.24, 2.45) is 0 Å². The second kappa shape index (κ2) is 4.70. The van der Waals surface area contributed by atoms with Crippen LogP contribution >= 0.6 is 0 Å². The second-order valence-corrected chi connectivity index (χ2v) is 4.95. The summed E-state index contributed by atoms with van der Waals surface area (Å²) in [6, 6.07) is 0.576. The molecule has 0 aromatic carbocycles. The van der Waals surface area contributed by atoms with Gasteiger partial charge in [-0.25, -0.2) is 9.97 Å². The highest BCUT2D eigenvalue weighted by molar-refractivity contribution is 5.26. The van der Waals surface area contributed by atoms with E-state index in [1.165, 1.54) is 24.1 Å². The first-order chi connectivity index (χ1) is 8.33. The van der Waals surface area contributed by atoms with E-state index < -0.39 is 0 Å². The molecule has 92 valence electrons. The maximum atomic E-state index is 5.46. The maximum Gasteiger partial charge on any atom is 0.130 e. The first-order valence-electron chi connectivity index (χ1n) is 6.49. The first-order valence-corrected chi connectivity index (χ1v) is 6.49. The van der Waals surface area contributed by atoms with E-state index in [4.69, 9.17) is 9.72 Å². The van der Waals surface area contributed by atoms with E-state index in [1.807, 2.05) is 0 Å². The number of aromatic nitrogens is 2. The van der Waals surface area contributed by atoms with Gasteiger partial charge in [-0.15, -0.1) is 0 Å². The topological polar surface area (TPSA) is 47.0 Å². The molecule has 0 bridgehead atoms.